The summed E-state index contributed by atoms with van der Waals surface area (Å²) >= 11 is 5.73. The summed E-state index contributed by atoms with van der Waals surface area (Å²) in [5, 5.41) is 12.1. The fraction of sp³-hybridized carbons (Fsp3) is 0.364. The van der Waals surface area contributed by atoms with Crippen LogP contribution in [0.4, 0.5) is 5.69 Å². The molecule has 0 aliphatic carbocycles. The van der Waals surface area contributed by atoms with Gasteiger partial charge in [0.25, 0.3) is 0 Å². The first kappa shape index (κ1) is 15.0. The smallest absolute Gasteiger partial charge is 0.337 e. The highest BCUT2D eigenvalue weighted by molar-refractivity contribution is 7.90. The van der Waals surface area contributed by atoms with Gasteiger partial charge in [0.1, 0.15) is 0 Å². The van der Waals surface area contributed by atoms with Gasteiger partial charge < -0.3 is 10.4 Å². The predicted octanol–water partition coefficient (Wildman–Crippen LogP) is 0.600. The Bertz CT molecular complexity index is 614. The van der Waals surface area contributed by atoms with Gasteiger partial charge >= 0.3 is 16.2 Å². The molecule has 1 aliphatic heterocycles. The normalized spacial score (nSPS) is 16.9. The molecule has 1 saturated heterocycles. The molecule has 1 heterocycles. The highest BCUT2D eigenvalue weighted by Crippen LogP contribution is 2.22. The molecule has 110 valence electrons. The number of hydrogen-bond donors (Lipinski definition) is 3. The monoisotopic (exact) mass is 319 g/mol. The van der Waals surface area contributed by atoms with E-state index in [0.29, 0.717) is 26.2 Å². The number of carbonyl (C=O) groups is 1. The minimum Gasteiger partial charge on any atom is -0.478 e. The van der Waals surface area contributed by atoms with E-state index in [-0.39, 0.29) is 16.3 Å². The van der Waals surface area contributed by atoms with E-state index in [1.54, 1.807) is 0 Å². The Morgan fingerprint density at radius 1 is 1.35 bits per heavy atom. The summed E-state index contributed by atoms with van der Waals surface area (Å²) in [6.45, 7) is 1.91. The quantitative estimate of drug-likeness (QED) is 0.755. The zero-order valence-electron chi connectivity index (χ0n) is 10.5. The number of anilines is 1. The molecule has 3 N–H and O–H groups in total. The van der Waals surface area contributed by atoms with E-state index in [0.717, 1.165) is 0 Å². The molecule has 2 rings (SSSR count). The van der Waals surface area contributed by atoms with Gasteiger partial charge in [-0.1, -0.05) is 11.6 Å². The van der Waals surface area contributed by atoms with Gasteiger partial charge in [-0.25, -0.2) is 4.79 Å². The molecule has 1 aromatic carbocycles. The van der Waals surface area contributed by atoms with Gasteiger partial charge in [0, 0.05) is 26.2 Å². The number of aromatic carboxylic acids is 1. The van der Waals surface area contributed by atoms with Crippen LogP contribution in [0.3, 0.4) is 0 Å². The van der Waals surface area contributed by atoms with Crippen LogP contribution >= 0.6 is 11.6 Å². The third-order valence-electron chi connectivity index (χ3n) is 2.86. The minimum absolute atomic E-state index is 0.0580. The summed E-state index contributed by atoms with van der Waals surface area (Å²) in [7, 11) is -3.68. The van der Waals surface area contributed by atoms with Crippen molar-refractivity contribution >= 4 is 33.5 Å². The lowest BCUT2D eigenvalue weighted by atomic mass is 10.2. The minimum atomic E-state index is -3.68. The fourth-order valence-electron chi connectivity index (χ4n) is 1.85. The lowest BCUT2D eigenvalue weighted by molar-refractivity contribution is 0.0697. The molecular formula is C11H14ClN3O4S. The van der Waals surface area contributed by atoms with E-state index in [4.69, 9.17) is 16.7 Å². The van der Waals surface area contributed by atoms with E-state index in [1.165, 1.54) is 22.5 Å². The zero-order chi connectivity index (χ0) is 14.8. The van der Waals surface area contributed by atoms with Crippen molar-refractivity contribution in [2.75, 3.05) is 30.9 Å². The molecular weight excluding hydrogens is 306 g/mol. The average molecular weight is 320 g/mol. The number of carboxylic acid groups (broad SMARTS) is 1. The van der Waals surface area contributed by atoms with Crippen LogP contribution < -0.4 is 10.0 Å². The third-order valence-corrected chi connectivity index (χ3v) is 4.73. The van der Waals surface area contributed by atoms with E-state index >= 15 is 0 Å². The van der Waals surface area contributed by atoms with Crippen molar-refractivity contribution in [3.05, 3.63) is 28.8 Å². The maximum atomic E-state index is 12.1. The topological polar surface area (TPSA) is 98.7 Å². The average Bonchev–Trinajstić information content (AvgIpc) is 2.41. The number of nitrogens with zero attached hydrogens (tertiary/aromatic N) is 1. The summed E-state index contributed by atoms with van der Waals surface area (Å²) in [5.74, 6) is -1.21. The van der Waals surface area contributed by atoms with Crippen molar-refractivity contribution in [3.63, 3.8) is 0 Å². The second-order valence-electron chi connectivity index (χ2n) is 4.26. The number of piperazine rings is 1. The molecule has 0 amide bonds. The first-order valence-corrected chi connectivity index (χ1v) is 7.73. The van der Waals surface area contributed by atoms with E-state index in [9.17, 15) is 13.2 Å². The van der Waals surface area contributed by atoms with Gasteiger partial charge in [-0.15, -0.1) is 0 Å². The van der Waals surface area contributed by atoms with Crippen LogP contribution in [-0.2, 0) is 10.2 Å². The van der Waals surface area contributed by atoms with Crippen LogP contribution in [0.2, 0.25) is 5.02 Å². The highest BCUT2D eigenvalue weighted by atomic mass is 35.5. The second kappa shape index (κ2) is 5.96. The first-order valence-electron chi connectivity index (χ1n) is 5.91. The molecule has 7 nitrogen and oxygen atoms in total. The number of hydrogen-bond acceptors (Lipinski definition) is 4. The van der Waals surface area contributed by atoms with Crippen molar-refractivity contribution in [3.8, 4) is 0 Å². The molecule has 0 aromatic heterocycles. The second-order valence-corrected chi connectivity index (χ2v) is 6.33. The number of carboxylic acids is 1. The third kappa shape index (κ3) is 3.40. The molecule has 20 heavy (non-hydrogen) atoms. The molecule has 1 aliphatic rings. The van der Waals surface area contributed by atoms with Crippen LogP contribution in [0.1, 0.15) is 10.4 Å². The molecule has 0 bridgehead atoms. The Morgan fingerprint density at radius 3 is 2.60 bits per heavy atom. The molecule has 0 atom stereocenters. The fourth-order valence-corrected chi connectivity index (χ4v) is 3.27. The largest absolute Gasteiger partial charge is 0.478 e. The number of nitrogens with one attached hydrogen (secondary N) is 2. The Morgan fingerprint density at radius 2 is 2.00 bits per heavy atom. The Hall–Kier alpha value is -1.35. The summed E-state index contributed by atoms with van der Waals surface area (Å²) in [6, 6.07) is 3.97. The molecule has 0 saturated carbocycles. The molecule has 9 heteroatoms. The van der Waals surface area contributed by atoms with E-state index in [1.807, 2.05) is 0 Å². The number of halogens is 1. The van der Waals surface area contributed by atoms with Crippen LogP contribution in [0, 0.1) is 0 Å². The van der Waals surface area contributed by atoms with Crippen LogP contribution in [0.25, 0.3) is 0 Å². The summed E-state index contributed by atoms with van der Waals surface area (Å²) in [6.07, 6.45) is 0. The van der Waals surface area contributed by atoms with Gasteiger partial charge in [-0.3, -0.25) is 4.72 Å². The van der Waals surface area contributed by atoms with E-state index < -0.39 is 16.2 Å². The van der Waals surface area contributed by atoms with Gasteiger partial charge in [0.15, 0.2) is 0 Å². The highest BCUT2D eigenvalue weighted by Gasteiger charge is 2.24. The van der Waals surface area contributed by atoms with Crippen molar-refractivity contribution in [1.82, 2.24) is 9.62 Å². The first-order chi connectivity index (χ1) is 9.40. The van der Waals surface area contributed by atoms with Gasteiger partial charge in [0.05, 0.1) is 16.3 Å². The van der Waals surface area contributed by atoms with Crippen LogP contribution in [0.5, 0.6) is 0 Å². The maximum Gasteiger partial charge on any atom is 0.337 e. The van der Waals surface area contributed by atoms with Crippen molar-refractivity contribution in [2.45, 2.75) is 0 Å². The van der Waals surface area contributed by atoms with Crippen molar-refractivity contribution in [1.29, 1.82) is 0 Å². The van der Waals surface area contributed by atoms with Gasteiger partial charge in [-0.05, 0) is 18.2 Å². The molecule has 0 unspecified atom stereocenters. The lowest BCUT2D eigenvalue weighted by Gasteiger charge is -2.26. The Balaban J connectivity index is 2.20. The summed E-state index contributed by atoms with van der Waals surface area (Å²) < 4.78 is 27.9. The summed E-state index contributed by atoms with van der Waals surface area (Å²) in [5.41, 5.74) is 0.0255. The van der Waals surface area contributed by atoms with Crippen molar-refractivity contribution < 1.29 is 18.3 Å². The molecule has 0 radical (unpaired) electrons. The van der Waals surface area contributed by atoms with Gasteiger partial charge in [0.2, 0.25) is 0 Å². The molecule has 1 aromatic rings. The lowest BCUT2D eigenvalue weighted by Crippen LogP contribution is -2.48. The van der Waals surface area contributed by atoms with Crippen LogP contribution in [0.15, 0.2) is 18.2 Å². The zero-order valence-corrected chi connectivity index (χ0v) is 12.0. The maximum absolute atomic E-state index is 12.1. The standard InChI is InChI=1S/C11H14ClN3O4S/c12-10-2-1-8(7-9(10)11(16)17)14-20(18,19)15-5-3-13-4-6-15/h1-2,7,13-14H,3-6H2,(H,16,17). The predicted molar refractivity (Wildman–Crippen MR) is 75.4 cm³/mol. The van der Waals surface area contributed by atoms with Crippen LogP contribution in [-0.4, -0.2) is 50.0 Å². The van der Waals surface area contributed by atoms with E-state index in [2.05, 4.69) is 10.0 Å². The van der Waals surface area contributed by atoms with Gasteiger partial charge in [-0.2, -0.15) is 12.7 Å². The SMILES string of the molecule is O=C(O)c1cc(NS(=O)(=O)N2CCNCC2)ccc1Cl. The Labute approximate surface area is 121 Å². The molecule has 1 fully saturated rings. The number of benzene rings is 1. The number of rotatable bonds is 4. The molecule has 0 spiro atoms. The Kier molecular flexibility index (Phi) is 4.48. The van der Waals surface area contributed by atoms with Crippen molar-refractivity contribution in [2.24, 2.45) is 0 Å². The summed E-state index contributed by atoms with van der Waals surface area (Å²) in [4.78, 5) is 11.0.